The highest BCUT2D eigenvalue weighted by atomic mass is 32.2. The van der Waals surface area contributed by atoms with Crippen molar-refractivity contribution in [2.45, 2.75) is 17.8 Å². The third kappa shape index (κ3) is 5.34. The van der Waals surface area contributed by atoms with E-state index in [0.717, 1.165) is 11.3 Å². The molecule has 8 heteroatoms. The van der Waals surface area contributed by atoms with Gasteiger partial charge in [0.05, 0.1) is 14.2 Å². The molecule has 2 atom stereocenters. The minimum atomic E-state index is -0.608. The van der Waals surface area contributed by atoms with E-state index < -0.39 is 6.04 Å². The minimum absolute atomic E-state index is 0.176. The fourth-order valence-electron chi connectivity index (χ4n) is 3.89. The number of amides is 2. The van der Waals surface area contributed by atoms with Gasteiger partial charge in [-0.1, -0.05) is 36.4 Å². The molecular formula is C26H27N3O4S. The Balaban J connectivity index is 1.58. The minimum Gasteiger partial charge on any atom is -0.497 e. The number of carbonyl (C=O) groups is 2. The van der Waals surface area contributed by atoms with Crippen LogP contribution in [-0.4, -0.2) is 54.3 Å². The first kappa shape index (κ1) is 23.6. The highest BCUT2D eigenvalue weighted by Gasteiger charge is 2.42. The average Bonchev–Trinajstić information content (AvgIpc) is 3.34. The Kier molecular flexibility index (Phi) is 7.69. The van der Waals surface area contributed by atoms with E-state index in [-0.39, 0.29) is 17.2 Å². The monoisotopic (exact) mass is 477 g/mol. The number of carbonyl (C=O) groups excluding carboxylic acids is 2. The summed E-state index contributed by atoms with van der Waals surface area (Å²) in [6, 6.07) is 19.9. The van der Waals surface area contributed by atoms with Crippen LogP contribution in [0.5, 0.6) is 11.5 Å². The van der Waals surface area contributed by atoms with Crippen molar-refractivity contribution in [3.63, 3.8) is 0 Å². The Morgan fingerprint density at radius 1 is 1.03 bits per heavy atom. The van der Waals surface area contributed by atoms with Crippen LogP contribution in [0.15, 0.2) is 72.9 Å². The van der Waals surface area contributed by atoms with Gasteiger partial charge in [-0.2, -0.15) is 0 Å². The second-order valence-corrected chi connectivity index (χ2v) is 8.90. The van der Waals surface area contributed by atoms with Crippen LogP contribution in [0.4, 0.5) is 0 Å². The Bertz CT molecular complexity index is 1110. The number of pyridine rings is 1. The van der Waals surface area contributed by atoms with Gasteiger partial charge in [-0.15, -0.1) is 11.8 Å². The fraction of sp³-hybridized carbons (Fsp3) is 0.269. The van der Waals surface area contributed by atoms with E-state index in [1.165, 1.54) is 0 Å². The predicted molar refractivity (Wildman–Crippen MR) is 132 cm³/mol. The van der Waals surface area contributed by atoms with E-state index in [0.29, 0.717) is 35.8 Å². The highest BCUT2D eigenvalue weighted by molar-refractivity contribution is 7.99. The molecule has 1 saturated heterocycles. The van der Waals surface area contributed by atoms with Gasteiger partial charge >= 0.3 is 0 Å². The molecule has 7 nitrogen and oxygen atoms in total. The fourth-order valence-corrected chi connectivity index (χ4v) is 5.32. The molecule has 1 fully saturated rings. The van der Waals surface area contributed by atoms with Gasteiger partial charge < -0.3 is 19.7 Å². The van der Waals surface area contributed by atoms with Gasteiger partial charge in [0, 0.05) is 42.2 Å². The molecule has 0 bridgehead atoms. The van der Waals surface area contributed by atoms with Crippen molar-refractivity contribution < 1.29 is 19.1 Å². The van der Waals surface area contributed by atoms with Crippen molar-refractivity contribution in [1.29, 1.82) is 0 Å². The molecule has 176 valence electrons. The van der Waals surface area contributed by atoms with E-state index in [2.05, 4.69) is 10.3 Å². The number of ether oxygens (including phenoxy) is 2. The molecule has 1 N–H and O–H groups in total. The van der Waals surface area contributed by atoms with Gasteiger partial charge in [0.25, 0.3) is 5.91 Å². The van der Waals surface area contributed by atoms with Crippen molar-refractivity contribution in [2.24, 2.45) is 0 Å². The van der Waals surface area contributed by atoms with Crippen LogP contribution in [0.3, 0.4) is 0 Å². The van der Waals surface area contributed by atoms with Gasteiger partial charge in [-0.25, -0.2) is 0 Å². The summed E-state index contributed by atoms with van der Waals surface area (Å²) in [6.07, 6.45) is 2.35. The summed E-state index contributed by atoms with van der Waals surface area (Å²) in [5.74, 6) is 1.11. The normalized spacial score (nSPS) is 17.3. The lowest BCUT2D eigenvalue weighted by molar-refractivity contribution is -0.124. The van der Waals surface area contributed by atoms with Crippen molar-refractivity contribution in [1.82, 2.24) is 15.2 Å². The van der Waals surface area contributed by atoms with E-state index in [1.54, 1.807) is 55.3 Å². The maximum Gasteiger partial charge on any atom is 0.256 e. The van der Waals surface area contributed by atoms with Crippen LogP contribution < -0.4 is 14.8 Å². The molecule has 1 aliphatic rings. The quantitative estimate of drug-likeness (QED) is 0.533. The van der Waals surface area contributed by atoms with Gasteiger partial charge in [0.2, 0.25) is 5.91 Å². The highest BCUT2D eigenvalue weighted by Crippen LogP contribution is 2.42. The van der Waals surface area contributed by atoms with E-state index in [1.807, 2.05) is 48.5 Å². The first-order valence-electron chi connectivity index (χ1n) is 11.0. The Morgan fingerprint density at radius 3 is 2.38 bits per heavy atom. The first-order valence-corrected chi connectivity index (χ1v) is 12.1. The zero-order valence-corrected chi connectivity index (χ0v) is 20.0. The second kappa shape index (κ2) is 11.1. The number of hydrogen-bond acceptors (Lipinski definition) is 6. The van der Waals surface area contributed by atoms with Crippen LogP contribution >= 0.6 is 11.8 Å². The molecule has 2 heterocycles. The predicted octanol–water partition coefficient (Wildman–Crippen LogP) is 3.71. The number of nitrogens with one attached hydrogen (secondary N) is 1. The van der Waals surface area contributed by atoms with Crippen LogP contribution in [0.2, 0.25) is 0 Å². The molecule has 2 unspecified atom stereocenters. The lowest BCUT2D eigenvalue weighted by Gasteiger charge is -2.29. The van der Waals surface area contributed by atoms with Crippen molar-refractivity contribution in [3.8, 4) is 11.5 Å². The summed E-state index contributed by atoms with van der Waals surface area (Å²) >= 11 is 1.58. The lowest BCUT2D eigenvalue weighted by Crippen LogP contribution is -2.48. The number of rotatable bonds is 8. The number of aromatic nitrogens is 1. The Labute approximate surface area is 203 Å². The van der Waals surface area contributed by atoms with E-state index in [4.69, 9.17) is 9.47 Å². The molecule has 0 saturated carbocycles. The zero-order chi connectivity index (χ0) is 23.9. The molecule has 4 rings (SSSR count). The summed E-state index contributed by atoms with van der Waals surface area (Å²) < 4.78 is 10.7. The number of thioether (sulfide) groups is 1. The van der Waals surface area contributed by atoms with Gasteiger partial charge in [0.1, 0.15) is 22.9 Å². The van der Waals surface area contributed by atoms with Gasteiger partial charge in [-0.3, -0.25) is 14.6 Å². The molecule has 1 aliphatic heterocycles. The van der Waals surface area contributed by atoms with Gasteiger partial charge in [-0.05, 0) is 29.8 Å². The van der Waals surface area contributed by atoms with Crippen molar-refractivity contribution >= 4 is 23.6 Å². The zero-order valence-electron chi connectivity index (χ0n) is 19.1. The maximum absolute atomic E-state index is 13.8. The van der Waals surface area contributed by atoms with Crippen LogP contribution in [-0.2, 0) is 11.2 Å². The summed E-state index contributed by atoms with van der Waals surface area (Å²) in [5.41, 5.74) is 2.28. The lowest BCUT2D eigenvalue weighted by atomic mass is 10.1. The third-order valence-corrected chi connectivity index (χ3v) is 6.95. The summed E-state index contributed by atoms with van der Waals surface area (Å²) in [5, 5.41) is 2.71. The SMILES string of the molecule is COc1cc(OC)cc(C(=O)N2C(C(=O)NCCc3ccccn3)CSC2c2ccccc2)c1. The maximum atomic E-state index is 13.8. The Hall–Kier alpha value is -3.52. The molecule has 0 spiro atoms. The summed E-state index contributed by atoms with van der Waals surface area (Å²) in [6.45, 7) is 0.446. The summed E-state index contributed by atoms with van der Waals surface area (Å²) in [4.78, 5) is 33.0. The number of nitrogens with zero attached hydrogens (tertiary/aromatic N) is 2. The topological polar surface area (TPSA) is 80.8 Å². The number of hydrogen-bond donors (Lipinski definition) is 1. The molecule has 2 aromatic carbocycles. The molecular weight excluding hydrogens is 450 g/mol. The van der Waals surface area contributed by atoms with Crippen LogP contribution in [0.25, 0.3) is 0 Å². The molecule has 0 radical (unpaired) electrons. The van der Waals surface area contributed by atoms with Crippen molar-refractivity contribution in [2.75, 3.05) is 26.5 Å². The summed E-state index contributed by atoms with van der Waals surface area (Å²) in [7, 11) is 3.08. The molecule has 1 aromatic heterocycles. The Morgan fingerprint density at radius 2 is 1.74 bits per heavy atom. The first-order chi connectivity index (χ1) is 16.6. The standard InChI is InChI=1S/C26H27N3O4S/c1-32-21-14-19(15-22(16-21)33-2)25(31)29-23(17-34-26(29)18-8-4-3-5-9-18)24(30)28-13-11-20-10-6-7-12-27-20/h3-10,12,14-16,23,26H,11,13,17H2,1-2H3,(H,28,30). The third-order valence-electron chi connectivity index (χ3n) is 5.63. The molecule has 3 aromatic rings. The average molecular weight is 478 g/mol. The van der Waals surface area contributed by atoms with E-state index >= 15 is 0 Å². The van der Waals surface area contributed by atoms with Crippen molar-refractivity contribution in [3.05, 3.63) is 89.7 Å². The van der Waals surface area contributed by atoms with Crippen LogP contribution in [0, 0.1) is 0 Å². The molecule has 2 amide bonds. The van der Waals surface area contributed by atoms with E-state index in [9.17, 15) is 9.59 Å². The molecule has 0 aliphatic carbocycles. The smallest absolute Gasteiger partial charge is 0.256 e. The second-order valence-electron chi connectivity index (χ2n) is 7.79. The van der Waals surface area contributed by atoms with Gasteiger partial charge in [0.15, 0.2) is 0 Å². The number of methoxy groups -OCH3 is 2. The largest absolute Gasteiger partial charge is 0.497 e. The molecule has 34 heavy (non-hydrogen) atoms. The van der Waals surface area contributed by atoms with Crippen LogP contribution in [0.1, 0.15) is 27.0 Å². The number of benzene rings is 2.